The van der Waals surface area contributed by atoms with Gasteiger partial charge in [-0.15, -0.1) is 0 Å². The van der Waals surface area contributed by atoms with E-state index in [9.17, 15) is 4.79 Å². The molecule has 0 aliphatic heterocycles. The summed E-state index contributed by atoms with van der Waals surface area (Å²) in [7, 11) is 0. The molecule has 4 nitrogen and oxygen atoms in total. The van der Waals surface area contributed by atoms with E-state index < -0.39 is 5.91 Å². The van der Waals surface area contributed by atoms with Crippen molar-refractivity contribution in [3.8, 4) is 11.3 Å². The van der Waals surface area contributed by atoms with Crippen LogP contribution in [0.2, 0.25) is 20.1 Å². The van der Waals surface area contributed by atoms with E-state index >= 15 is 0 Å². The Labute approximate surface area is 169 Å². The van der Waals surface area contributed by atoms with Crippen LogP contribution in [0.25, 0.3) is 11.3 Å². The molecule has 26 heavy (non-hydrogen) atoms. The molecule has 0 saturated heterocycles. The summed E-state index contributed by atoms with van der Waals surface area (Å²) in [5.41, 5.74) is 3.34. The lowest BCUT2D eigenvalue weighted by Gasteiger charge is -2.02. The van der Waals surface area contributed by atoms with Gasteiger partial charge in [-0.2, -0.15) is 5.10 Å². The fourth-order valence-corrected chi connectivity index (χ4v) is 3.14. The van der Waals surface area contributed by atoms with Crippen LogP contribution in [-0.2, 0) is 0 Å². The van der Waals surface area contributed by atoms with E-state index in [1.54, 1.807) is 36.4 Å². The van der Waals surface area contributed by atoms with Crippen LogP contribution >= 0.6 is 46.4 Å². The van der Waals surface area contributed by atoms with Crippen LogP contribution in [-0.4, -0.2) is 12.1 Å². The van der Waals surface area contributed by atoms with Gasteiger partial charge >= 0.3 is 0 Å². The second-order valence-corrected chi connectivity index (χ2v) is 6.84. The molecule has 1 N–H and O–H groups in total. The number of halogens is 4. The third-order valence-electron chi connectivity index (χ3n) is 3.36. The zero-order valence-electron chi connectivity index (χ0n) is 13.0. The maximum absolute atomic E-state index is 12.1. The maximum Gasteiger partial charge on any atom is 0.272 e. The minimum atomic E-state index is -0.463. The molecule has 0 bridgehead atoms. The molecule has 1 aromatic heterocycles. The Morgan fingerprint density at radius 3 is 2.31 bits per heavy atom. The Kier molecular flexibility index (Phi) is 5.89. The van der Waals surface area contributed by atoms with Crippen LogP contribution in [0.4, 0.5) is 0 Å². The third-order valence-corrected chi connectivity index (χ3v) is 4.45. The molecule has 3 rings (SSSR count). The van der Waals surface area contributed by atoms with Crippen molar-refractivity contribution >= 4 is 58.5 Å². The molecule has 8 heteroatoms. The summed E-state index contributed by atoms with van der Waals surface area (Å²) in [6.45, 7) is 0. The number of nitrogens with zero attached hydrogens (tertiary/aromatic N) is 1. The van der Waals surface area contributed by atoms with E-state index in [0.29, 0.717) is 32.2 Å². The van der Waals surface area contributed by atoms with Gasteiger partial charge in [-0.1, -0.05) is 46.4 Å². The van der Waals surface area contributed by atoms with Crippen molar-refractivity contribution in [3.05, 3.63) is 79.9 Å². The summed E-state index contributed by atoms with van der Waals surface area (Å²) in [5.74, 6) is 0.532. The lowest BCUT2D eigenvalue weighted by molar-refractivity contribution is 0.0955. The number of hydrazone groups is 1. The number of benzene rings is 2. The van der Waals surface area contributed by atoms with Crippen molar-refractivity contribution in [2.45, 2.75) is 0 Å². The van der Waals surface area contributed by atoms with Gasteiger partial charge in [0.2, 0.25) is 0 Å². The van der Waals surface area contributed by atoms with E-state index in [0.717, 1.165) is 0 Å². The second kappa shape index (κ2) is 8.14. The van der Waals surface area contributed by atoms with Crippen molar-refractivity contribution in [2.75, 3.05) is 0 Å². The summed E-state index contributed by atoms with van der Waals surface area (Å²) < 4.78 is 5.65. The highest BCUT2D eigenvalue weighted by atomic mass is 35.5. The first-order valence-electron chi connectivity index (χ1n) is 7.28. The summed E-state index contributed by atoms with van der Waals surface area (Å²) in [4.78, 5) is 12.1. The number of nitrogens with one attached hydrogen (secondary N) is 1. The molecule has 0 fully saturated rings. The van der Waals surface area contributed by atoms with Gasteiger partial charge in [0, 0.05) is 15.6 Å². The van der Waals surface area contributed by atoms with Crippen molar-refractivity contribution < 1.29 is 9.21 Å². The minimum absolute atomic E-state index is 0.239. The minimum Gasteiger partial charge on any atom is -0.455 e. The zero-order chi connectivity index (χ0) is 18.7. The molecule has 0 atom stereocenters. The average Bonchev–Trinajstić information content (AvgIpc) is 3.03. The predicted molar refractivity (Wildman–Crippen MR) is 106 cm³/mol. The standard InChI is InChI=1S/C18H10Cl4N2O2/c19-10-1-4-13(15(21)7-10)17-6-3-12(26-17)9-23-24-18(25)14-5-2-11(20)8-16(14)22/h1-9H,(H,24,25)/b23-9-. The van der Waals surface area contributed by atoms with E-state index in [2.05, 4.69) is 10.5 Å². The van der Waals surface area contributed by atoms with Crippen molar-refractivity contribution in [1.29, 1.82) is 0 Å². The lowest BCUT2D eigenvalue weighted by Crippen LogP contribution is -2.17. The lowest BCUT2D eigenvalue weighted by atomic mass is 10.2. The SMILES string of the molecule is O=C(N/N=C\c1ccc(-c2ccc(Cl)cc2Cl)o1)c1ccc(Cl)cc1Cl. The molecule has 0 aliphatic carbocycles. The van der Waals surface area contributed by atoms with Gasteiger partial charge in [0.1, 0.15) is 11.5 Å². The molecule has 2 aromatic carbocycles. The first kappa shape index (κ1) is 18.8. The topological polar surface area (TPSA) is 54.6 Å². The first-order chi connectivity index (χ1) is 12.4. The van der Waals surface area contributed by atoms with Gasteiger partial charge in [0.25, 0.3) is 5.91 Å². The van der Waals surface area contributed by atoms with Crippen LogP contribution < -0.4 is 5.43 Å². The van der Waals surface area contributed by atoms with Crippen molar-refractivity contribution in [1.82, 2.24) is 5.43 Å². The highest BCUT2D eigenvalue weighted by molar-refractivity contribution is 6.37. The summed E-state index contributed by atoms with van der Waals surface area (Å²) in [6.07, 6.45) is 1.37. The van der Waals surface area contributed by atoms with Crippen LogP contribution in [0, 0.1) is 0 Å². The first-order valence-corrected chi connectivity index (χ1v) is 8.79. The third kappa shape index (κ3) is 4.40. The number of hydrogen-bond acceptors (Lipinski definition) is 3. The molecule has 132 valence electrons. The van der Waals surface area contributed by atoms with E-state index in [1.807, 2.05) is 0 Å². The van der Waals surface area contributed by atoms with Crippen molar-refractivity contribution in [2.24, 2.45) is 5.10 Å². The van der Waals surface area contributed by atoms with Crippen LogP contribution in [0.3, 0.4) is 0 Å². The zero-order valence-corrected chi connectivity index (χ0v) is 16.0. The molecule has 0 unspecified atom stereocenters. The number of furan rings is 1. The number of carbonyl (C=O) groups is 1. The second-order valence-electron chi connectivity index (χ2n) is 5.15. The smallest absolute Gasteiger partial charge is 0.272 e. The van der Waals surface area contributed by atoms with Gasteiger partial charge in [0.15, 0.2) is 0 Å². The van der Waals surface area contributed by atoms with E-state index in [4.69, 9.17) is 50.8 Å². The van der Waals surface area contributed by atoms with Gasteiger partial charge in [-0.3, -0.25) is 4.79 Å². The Bertz CT molecular complexity index is 999. The van der Waals surface area contributed by atoms with Gasteiger partial charge in [-0.05, 0) is 48.5 Å². The number of amides is 1. The molecule has 0 radical (unpaired) electrons. The Morgan fingerprint density at radius 1 is 0.923 bits per heavy atom. The van der Waals surface area contributed by atoms with Crippen LogP contribution in [0.5, 0.6) is 0 Å². The van der Waals surface area contributed by atoms with Gasteiger partial charge < -0.3 is 4.42 Å². The Hall–Kier alpha value is -1.98. The molecule has 3 aromatic rings. The predicted octanol–water partition coefficient (Wildman–Crippen LogP) is 6.32. The maximum atomic E-state index is 12.1. The Balaban J connectivity index is 1.70. The van der Waals surface area contributed by atoms with Gasteiger partial charge in [-0.25, -0.2) is 5.43 Å². The summed E-state index contributed by atoms with van der Waals surface area (Å²) in [6, 6.07) is 13.1. The highest BCUT2D eigenvalue weighted by Crippen LogP contribution is 2.31. The quantitative estimate of drug-likeness (QED) is 0.391. The molecule has 1 heterocycles. The molecule has 0 aliphatic rings. The normalized spacial score (nSPS) is 11.1. The monoisotopic (exact) mass is 426 g/mol. The van der Waals surface area contributed by atoms with E-state index in [1.165, 1.54) is 18.3 Å². The summed E-state index contributed by atoms with van der Waals surface area (Å²) in [5, 5.41) is 5.55. The van der Waals surface area contributed by atoms with Crippen molar-refractivity contribution in [3.63, 3.8) is 0 Å². The number of hydrogen-bond donors (Lipinski definition) is 1. The molecule has 1 amide bonds. The average molecular weight is 428 g/mol. The number of rotatable bonds is 4. The molecular formula is C18H10Cl4N2O2. The number of carbonyl (C=O) groups excluding carboxylic acids is 1. The fourth-order valence-electron chi connectivity index (χ4n) is 2.14. The fraction of sp³-hybridized carbons (Fsp3) is 0. The largest absolute Gasteiger partial charge is 0.455 e. The highest BCUT2D eigenvalue weighted by Gasteiger charge is 2.11. The van der Waals surface area contributed by atoms with Crippen LogP contribution in [0.15, 0.2) is 58.0 Å². The molecule has 0 saturated carbocycles. The van der Waals surface area contributed by atoms with Crippen LogP contribution in [0.1, 0.15) is 16.1 Å². The summed E-state index contributed by atoms with van der Waals surface area (Å²) >= 11 is 23.8. The Morgan fingerprint density at radius 2 is 1.62 bits per heavy atom. The molecular weight excluding hydrogens is 418 g/mol. The van der Waals surface area contributed by atoms with Gasteiger partial charge in [0.05, 0.1) is 21.8 Å². The molecule has 0 spiro atoms. The van der Waals surface area contributed by atoms with E-state index in [-0.39, 0.29) is 10.6 Å².